The van der Waals surface area contributed by atoms with Crippen LogP contribution in [0.4, 0.5) is 0 Å². The maximum Gasteiger partial charge on any atom is 0.276 e. The van der Waals surface area contributed by atoms with Gasteiger partial charge in [0.15, 0.2) is 0 Å². The summed E-state index contributed by atoms with van der Waals surface area (Å²) in [6, 6.07) is 5.36. The zero-order chi connectivity index (χ0) is 17.4. The highest BCUT2D eigenvalue weighted by atomic mass is 16.5. The van der Waals surface area contributed by atoms with Crippen molar-refractivity contribution >= 4 is 0 Å². The number of aromatic amines is 1. The molecule has 0 unspecified atom stereocenters. The molecular formula is C18H19N5O2. The Labute approximate surface area is 144 Å². The number of nitrogens with one attached hydrogen (secondary N) is 1. The van der Waals surface area contributed by atoms with Crippen molar-refractivity contribution in [2.75, 3.05) is 0 Å². The molecule has 1 saturated carbocycles. The van der Waals surface area contributed by atoms with Crippen LogP contribution in [-0.4, -0.2) is 25.1 Å². The molecule has 7 heteroatoms. The summed E-state index contributed by atoms with van der Waals surface area (Å²) >= 11 is 0. The van der Waals surface area contributed by atoms with Gasteiger partial charge in [0.25, 0.3) is 11.4 Å². The number of hydrogen-bond donors (Lipinski definition) is 1. The summed E-state index contributed by atoms with van der Waals surface area (Å²) in [5, 5.41) is 3.94. The van der Waals surface area contributed by atoms with E-state index < -0.39 is 0 Å². The van der Waals surface area contributed by atoms with E-state index in [9.17, 15) is 4.79 Å². The normalized spacial score (nSPS) is 14.2. The van der Waals surface area contributed by atoms with E-state index in [4.69, 9.17) is 4.52 Å². The summed E-state index contributed by atoms with van der Waals surface area (Å²) in [7, 11) is 0. The molecule has 7 nitrogen and oxygen atoms in total. The molecular weight excluding hydrogens is 318 g/mol. The fourth-order valence-electron chi connectivity index (χ4n) is 2.72. The Morgan fingerprint density at radius 3 is 2.80 bits per heavy atom. The van der Waals surface area contributed by atoms with Gasteiger partial charge in [-0.15, -0.1) is 0 Å². The molecule has 4 rings (SSSR count). The molecule has 0 radical (unpaired) electrons. The van der Waals surface area contributed by atoms with Gasteiger partial charge in [0.2, 0.25) is 5.82 Å². The highest BCUT2D eigenvalue weighted by Gasteiger charge is 2.27. The third-order valence-electron chi connectivity index (χ3n) is 4.10. The minimum absolute atomic E-state index is 0.216. The number of H-pyrrole nitrogens is 1. The van der Waals surface area contributed by atoms with E-state index in [0.29, 0.717) is 29.0 Å². The molecule has 0 saturated heterocycles. The molecule has 128 valence electrons. The topological polar surface area (TPSA) is 97.6 Å². The maximum absolute atomic E-state index is 12.3. The predicted molar refractivity (Wildman–Crippen MR) is 91.9 cm³/mol. The van der Waals surface area contributed by atoms with Crippen LogP contribution in [0.5, 0.6) is 0 Å². The van der Waals surface area contributed by atoms with E-state index in [1.807, 2.05) is 6.07 Å². The van der Waals surface area contributed by atoms with E-state index in [1.54, 1.807) is 18.3 Å². The monoisotopic (exact) mass is 337 g/mol. The Hall–Kier alpha value is -2.83. The summed E-state index contributed by atoms with van der Waals surface area (Å²) in [6.07, 6.45) is 4.76. The Morgan fingerprint density at radius 2 is 2.08 bits per heavy atom. The standard InChI is InChI=1S/C18H19N5O2/c1-10(2)9-12-5-6-13(17(24)20-12)16-22-18(25-23-16)14-7-8-19-15(21-14)11-3-4-11/h5-8,10-11H,3-4,9H2,1-2H3,(H,20,24). The summed E-state index contributed by atoms with van der Waals surface area (Å²) in [5.41, 5.74) is 1.66. The van der Waals surface area contributed by atoms with Crippen molar-refractivity contribution in [3.8, 4) is 23.0 Å². The molecule has 0 aromatic carbocycles. The third-order valence-corrected chi connectivity index (χ3v) is 4.10. The second kappa shape index (κ2) is 6.23. The van der Waals surface area contributed by atoms with Crippen molar-refractivity contribution in [1.29, 1.82) is 0 Å². The van der Waals surface area contributed by atoms with Crippen LogP contribution in [0.15, 0.2) is 33.7 Å². The van der Waals surface area contributed by atoms with Crippen LogP contribution in [0.25, 0.3) is 23.0 Å². The van der Waals surface area contributed by atoms with Gasteiger partial charge in [0, 0.05) is 17.8 Å². The number of aromatic nitrogens is 5. The first kappa shape index (κ1) is 15.7. The fourth-order valence-corrected chi connectivity index (χ4v) is 2.72. The average Bonchev–Trinajstić information content (AvgIpc) is 3.32. The van der Waals surface area contributed by atoms with Gasteiger partial charge in [0.05, 0.1) is 5.56 Å². The molecule has 0 bridgehead atoms. The van der Waals surface area contributed by atoms with Crippen molar-refractivity contribution in [3.05, 3.63) is 46.3 Å². The molecule has 3 heterocycles. The fraction of sp³-hybridized carbons (Fsp3) is 0.389. The van der Waals surface area contributed by atoms with Crippen molar-refractivity contribution in [3.63, 3.8) is 0 Å². The zero-order valence-corrected chi connectivity index (χ0v) is 14.2. The van der Waals surface area contributed by atoms with Crippen molar-refractivity contribution in [2.24, 2.45) is 5.92 Å². The second-order valence-electron chi connectivity index (χ2n) is 6.82. The molecule has 3 aromatic heterocycles. The molecule has 0 atom stereocenters. The number of hydrogen-bond acceptors (Lipinski definition) is 6. The van der Waals surface area contributed by atoms with Crippen LogP contribution in [0.1, 0.15) is 44.1 Å². The lowest BCUT2D eigenvalue weighted by atomic mass is 10.1. The molecule has 1 fully saturated rings. The summed E-state index contributed by atoms with van der Waals surface area (Å²) < 4.78 is 5.31. The SMILES string of the molecule is CC(C)Cc1ccc(-c2noc(-c3ccnc(C4CC4)n3)n2)c(=O)[nH]1. The Morgan fingerprint density at radius 1 is 1.24 bits per heavy atom. The summed E-state index contributed by atoms with van der Waals surface area (Å²) in [6.45, 7) is 4.21. The van der Waals surface area contributed by atoms with Gasteiger partial charge in [0.1, 0.15) is 11.5 Å². The Balaban J connectivity index is 1.63. The molecule has 1 aliphatic rings. The van der Waals surface area contributed by atoms with E-state index in [2.05, 4.69) is 38.9 Å². The molecule has 0 aliphatic heterocycles. The lowest BCUT2D eigenvalue weighted by molar-refractivity contribution is 0.430. The van der Waals surface area contributed by atoms with Crippen LogP contribution in [0.3, 0.4) is 0 Å². The van der Waals surface area contributed by atoms with E-state index in [1.165, 1.54) is 0 Å². The van der Waals surface area contributed by atoms with Crippen LogP contribution < -0.4 is 5.56 Å². The highest BCUT2D eigenvalue weighted by Crippen LogP contribution is 2.38. The van der Waals surface area contributed by atoms with E-state index in [-0.39, 0.29) is 11.4 Å². The largest absolute Gasteiger partial charge is 0.332 e. The molecule has 3 aromatic rings. The van der Waals surface area contributed by atoms with Gasteiger partial charge < -0.3 is 9.51 Å². The van der Waals surface area contributed by atoms with E-state index >= 15 is 0 Å². The molecule has 25 heavy (non-hydrogen) atoms. The van der Waals surface area contributed by atoms with Crippen LogP contribution in [0.2, 0.25) is 0 Å². The number of nitrogens with zero attached hydrogens (tertiary/aromatic N) is 4. The molecule has 1 aliphatic carbocycles. The smallest absolute Gasteiger partial charge is 0.276 e. The minimum atomic E-state index is -0.216. The zero-order valence-electron chi connectivity index (χ0n) is 14.2. The molecule has 1 N–H and O–H groups in total. The van der Waals surface area contributed by atoms with Gasteiger partial charge in [-0.1, -0.05) is 19.0 Å². The third kappa shape index (κ3) is 3.35. The Kier molecular flexibility index (Phi) is 3.91. The minimum Gasteiger partial charge on any atom is -0.332 e. The van der Waals surface area contributed by atoms with Gasteiger partial charge >= 0.3 is 0 Å². The summed E-state index contributed by atoms with van der Waals surface area (Å²) in [5.74, 6) is 2.28. The lowest BCUT2D eigenvalue weighted by Gasteiger charge is -2.04. The van der Waals surface area contributed by atoms with Crippen LogP contribution >= 0.6 is 0 Å². The van der Waals surface area contributed by atoms with Crippen LogP contribution in [-0.2, 0) is 6.42 Å². The van der Waals surface area contributed by atoms with Crippen molar-refractivity contribution in [2.45, 2.75) is 39.0 Å². The van der Waals surface area contributed by atoms with Crippen molar-refractivity contribution in [1.82, 2.24) is 25.1 Å². The van der Waals surface area contributed by atoms with Gasteiger partial charge in [-0.2, -0.15) is 4.98 Å². The number of pyridine rings is 1. The van der Waals surface area contributed by atoms with Gasteiger partial charge in [-0.3, -0.25) is 4.79 Å². The Bertz CT molecular complexity index is 956. The predicted octanol–water partition coefficient (Wildman–Crippen LogP) is 2.96. The van der Waals surface area contributed by atoms with Crippen LogP contribution in [0, 0.1) is 5.92 Å². The first-order valence-electron chi connectivity index (χ1n) is 8.50. The van der Waals surface area contributed by atoms with Crippen molar-refractivity contribution < 1.29 is 4.52 Å². The maximum atomic E-state index is 12.3. The summed E-state index contributed by atoms with van der Waals surface area (Å²) in [4.78, 5) is 28.3. The first-order valence-corrected chi connectivity index (χ1v) is 8.50. The molecule has 0 spiro atoms. The highest BCUT2D eigenvalue weighted by molar-refractivity contribution is 5.56. The second-order valence-corrected chi connectivity index (χ2v) is 6.82. The van der Waals surface area contributed by atoms with Gasteiger partial charge in [-0.05, 0) is 43.4 Å². The number of rotatable bonds is 5. The average molecular weight is 337 g/mol. The lowest BCUT2D eigenvalue weighted by Crippen LogP contribution is -2.13. The van der Waals surface area contributed by atoms with E-state index in [0.717, 1.165) is 30.8 Å². The van der Waals surface area contributed by atoms with Gasteiger partial charge in [-0.25, -0.2) is 9.97 Å². The first-order chi connectivity index (χ1) is 12.1. The quantitative estimate of drug-likeness (QED) is 0.768. The molecule has 0 amide bonds.